The van der Waals surface area contributed by atoms with Crippen LogP contribution in [0.2, 0.25) is 0 Å². The van der Waals surface area contributed by atoms with E-state index in [0.29, 0.717) is 18.8 Å². The molecule has 1 aliphatic heterocycles. The van der Waals surface area contributed by atoms with Crippen molar-refractivity contribution in [3.8, 4) is 5.69 Å². The highest BCUT2D eigenvalue weighted by atomic mass is 32.2. The van der Waals surface area contributed by atoms with E-state index >= 15 is 0 Å². The van der Waals surface area contributed by atoms with E-state index in [2.05, 4.69) is 15.5 Å². The molecule has 1 aliphatic rings. The van der Waals surface area contributed by atoms with Gasteiger partial charge in [-0.2, -0.15) is 4.31 Å². The van der Waals surface area contributed by atoms with Crippen LogP contribution in [0.1, 0.15) is 13.8 Å². The monoisotopic (exact) mass is 323 g/mol. The Bertz CT molecular complexity index is 737. The third kappa shape index (κ3) is 2.87. The zero-order chi connectivity index (χ0) is 15.7. The Hall–Kier alpha value is -1.84. The average molecular weight is 323 g/mol. The molecule has 22 heavy (non-hydrogen) atoms. The highest BCUT2D eigenvalue weighted by Crippen LogP contribution is 2.22. The Morgan fingerprint density at radius 3 is 2.59 bits per heavy atom. The van der Waals surface area contributed by atoms with E-state index in [1.54, 1.807) is 24.3 Å². The molecule has 0 radical (unpaired) electrons. The summed E-state index contributed by atoms with van der Waals surface area (Å²) in [6.07, 6.45) is 1.17. The molecule has 0 saturated carbocycles. The Labute approximate surface area is 128 Å². The van der Waals surface area contributed by atoms with Crippen molar-refractivity contribution >= 4 is 10.0 Å². The molecule has 3 rings (SSSR count). The highest BCUT2D eigenvalue weighted by molar-refractivity contribution is 7.89. The van der Waals surface area contributed by atoms with Gasteiger partial charge in [-0.05, 0) is 42.5 Å². The Kier molecular flexibility index (Phi) is 3.94. The molecule has 2 aromatic rings. The van der Waals surface area contributed by atoms with Crippen LogP contribution >= 0.6 is 0 Å². The van der Waals surface area contributed by atoms with E-state index in [0.717, 1.165) is 0 Å². The van der Waals surface area contributed by atoms with E-state index in [1.807, 2.05) is 13.8 Å². The number of sulfonamides is 1. The summed E-state index contributed by atoms with van der Waals surface area (Å²) < 4.78 is 34.1. The van der Waals surface area contributed by atoms with Crippen molar-refractivity contribution in [3.63, 3.8) is 0 Å². The van der Waals surface area contributed by atoms with Crippen LogP contribution in [0.3, 0.4) is 0 Å². The lowest BCUT2D eigenvalue weighted by molar-refractivity contribution is -0.0440. The number of aromatic nitrogens is 4. The third-order valence-electron chi connectivity index (χ3n) is 3.46. The van der Waals surface area contributed by atoms with Gasteiger partial charge in [0.2, 0.25) is 10.0 Å². The third-order valence-corrected chi connectivity index (χ3v) is 5.28. The first-order valence-electron chi connectivity index (χ1n) is 6.96. The van der Waals surface area contributed by atoms with Crippen molar-refractivity contribution in [1.82, 2.24) is 24.5 Å². The van der Waals surface area contributed by atoms with E-state index in [4.69, 9.17) is 4.74 Å². The van der Waals surface area contributed by atoms with E-state index in [-0.39, 0.29) is 17.1 Å². The lowest BCUT2D eigenvalue weighted by Crippen LogP contribution is -2.48. The maximum atomic E-state index is 12.8. The van der Waals surface area contributed by atoms with Crippen molar-refractivity contribution in [1.29, 1.82) is 0 Å². The van der Waals surface area contributed by atoms with Crippen LogP contribution < -0.4 is 0 Å². The summed E-state index contributed by atoms with van der Waals surface area (Å²) in [5, 5.41) is 10.9. The predicted octanol–water partition coefficient (Wildman–Crippen LogP) is 0.460. The minimum absolute atomic E-state index is 0.124. The van der Waals surface area contributed by atoms with E-state index in [1.165, 1.54) is 15.3 Å². The van der Waals surface area contributed by atoms with E-state index < -0.39 is 10.0 Å². The van der Waals surface area contributed by atoms with Crippen molar-refractivity contribution in [3.05, 3.63) is 30.6 Å². The van der Waals surface area contributed by atoms with Crippen LogP contribution in [-0.2, 0) is 14.8 Å². The second-order valence-corrected chi connectivity index (χ2v) is 7.27. The zero-order valence-corrected chi connectivity index (χ0v) is 13.1. The normalized spacial score (nSPS) is 23.5. The molecule has 1 aromatic carbocycles. The Morgan fingerprint density at radius 2 is 1.95 bits per heavy atom. The topological polar surface area (TPSA) is 90.2 Å². The van der Waals surface area contributed by atoms with Crippen LogP contribution in [0, 0.1) is 0 Å². The van der Waals surface area contributed by atoms with Gasteiger partial charge in [-0.25, -0.2) is 13.1 Å². The maximum Gasteiger partial charge on any atom is 0.243 e. The van der Waals surface area contributed by atoms with Crippen molar-refractivity contribution < 1.29 is 13.2 Å². The molecule has 8 nitrogen and oxygen atoms in total. The number of morpholine rings is 1. The van der Waals surface area contributed by atoms with Crippen molar-refractivity contribution in [2.75, 3.05) is 13.1 Å². The number of rotatable bonds is 3. The molecule has 1 aromatic heterocycles. The lowest BCUT2D eigenvalue weighted by atomic mass is 10.3. The number of nitrogens with zero attached hydrogens (tertiary/aromatic N) is 5. The van der Waals surface area contributed by atoms with Crippen LogP contribution in [0.25, 0.3) is 5.69 Å². The summed E-state index contributed by atoms with van der Waals surface area (Å²) in [4.78, 5) is 0.224. The summed E-state index contributed by atoms with van der Waals surface area (Å²) in [5.74, 6) is 0. The van der Waals surface area contributed by atoms with Gasteiger partial charge in [0.1, 0.15) is 6.33 Å². The molecule has 118 valence electrons. The van der Waals surface area contributed by atoms with Gasteiger partial charge in [0.15, 0.2) is 0 Å². The average Bonchev–Trinajstić information content (AvgIpc) is 3.00. The number of hydrogen-bond donors (Lipinski definition) is 0. The largest absolute Gasteiger partial charge is 0.373 e. The fourth-order valence-corrected chi connectivity index (χ4v) is 4.17. The molecule has 2 atom stereocenters. The van der Waals surface area contributed by atoms with Gasteiger partial charge < -0.3 is 4.74 Å². The summed E-state index contributed by atoms with van der Waals surface area (Å²) >= 11 is 0. The highest BCUT2D eigenvalue weighted by Gasteiger charge is 2.32. The molecule has 2 unspecified atom stereocenters. The van der Waals surface area contributed by atoms with Crippen LogP contribution in [0.15, 0.2) is 35.5 Å². The molecule has 9 heteroatoms. The first-order chi connectivity index (χ1) is 10.5. The molecule has 2 heterocycles. The molecular formula is C13H17N5O3S. The predicted molar refractivity (Wildman–Crippen MR) is 77.9 cm³/mol. The number of benzene rings is 1. The van der Waals surface area contributed by atoms with Crippen LogP contribution in [0.5, 0.6) is 0 Å². The number of tetrazole rings is 1. The van der Waals surface area contributed by atoms with Gasteiger partial charge in [-0.3, -0.25) is 0 Å². The second-order valence-electron chi connectivity index (χ2n) is 5.33. The molecule has 0 bridgehead atoms. The zero-order valence-electron chi connectivity index (χ0n) is 12.3. The van der Waals surface area contributed by atoms with Crippen molar-refractivity contribution in [2.24, 2.45) is 0 Å². The molecule has 0 N–H and O–H groups in total. The molecule has 0 amide bonds. The van der Waals surface area contributed by atoms with Gasteiger partial charge in [0.25, 0.3) is 0 Å². The number of ether oxygens (including phenoxy) is 1. The van der Waals surface area contributed by atoms with Gasteiger partial charge in [-0.1, -0.05) is 6.07 Å². The Balaban J connectivity index is 1.94. The fraction of sp³-hybridized carbons (Fsp3) is 0.462. The first kappa shape index (κ1) is 15.1. The molecule has 0 spiro atoms. The standard InChI is InChI=1S/C13H17N5O3S/c1-10-7-17(8-11(2)21-10)22(19,20)13-5-3-4-12(6-13)18-9-14-15-16-18/h3-6,9-11H,7-8H2,1-2H3. The quantitative estimate of drug-likeness (QED) is 0.815. The summed E-state index contributed by atoms with van der Waals surface area (Å²) in [7, 11) is -3.57. The van der Waals surface area contributed by atoms with Gasteiger partial charge >= 0.3 is 0 Å². The lowest BCUT2D eigenvalue weighted by Gasteiger charge is -2.34. The fourth-order valence-electron chi connectivity index (χ4n) is 2.54. The van der Waals surface area contributed by atoms with Gasteiger partial charge in [0, 0.05) is 13.1 Å². The SMILES string of the molecule is CC1CN(S(=O)(=O)c2cccc(-n3cnnn3)c2)CC(C)O1. The smallest absolute Gasteiger partial charge is 0.243 e. The maximum absolute atomic E-state index is 12.8. The summed E-state index contributed by atoms with van der Waals surface area (Å²) in [5.41, 5.74) is 0.598. The van der Waals surface area contributed by atoms with Crippen LogP contribution in [0.4, 0.5) is 0 Å². The van der Waals surface area contributed by atoms with Gasteiger partial charge in [-0.15, -0.1) is 5.10 Å². The molecule has 0 aliphatic carbocycles. The second kappa shape index (κ2) is 5.75. The van der Waals surface area contributed by atoms with Crippen molar-refractivity contribution in [2.45, 2.75) is 31.0 Å². The molecule has 1 saturated heterocycles. The summed E-state index contributed by atoms with van der Waals surface area (Å²) in [6.45, 7) is 4.44. The summed E-state index contributed by atoms with van der Waals surface area (Å²) in [6, 6.07) is 6.57. The minimum Gasteiger partial charge on any atom is -0.373 e. The molecule has 1 fully saturated rings. The van der Waals surface area contributed by atoms with Crippen LogP contribution in [-0.4, -0.2) is 58.2 Å². The van der Waals surface area contributed by atoms with Gasteiger partial charge in [0.05, 0.1) is 22.8 Å². The molecular weight excluding hydrogens is 306 g/mol. The first-order valence-corrected chi connectivity index (χ1v) is 8.40. The van der Waals surface area contributed by atoms with E-state index in [9.17, 15) is 8.42 Å². The number of hydrogen-bond acceptors (Lipinski definition) is 6. The minimum atomic E-state index is -3.57. The Morgan fingerprint density at radius 1 is 1.23 bits per heavy atom.